The van der Waals surface area contributed by atoms with Crippen molar-refractivity contribution in [3.63, 3.8) is 0 Å². The molecule has 0 saturated carbocycles. The van der Waals surface area contributed by atoms with Crippen LogP contribution >= 0.6 is 11.3 Å². The number of methoxy groups -OCH3 is 1. The maximum atomic E-state index is 11.9. The van der Waals surface area contributed by atoms with E-state index in [0.29, 0.717) is 16.6 Å². The number of aryl methyl sites for hydroxylation is 2. The molecule has 0 radical (unpaired) electrons. The molecular formula is C20H18N6O3S. The zero-order chi connectivity index (χ0) is 21.3. The quantitative estimate of drug-likeness (QED) is 0.325. The normalized spacial score (nSPS) is 10.8. The SMILES string of the molecule is COc1ccc(C)cc1Nc1ncnc(Nc2nc3ccc(C)cc3s2)c1[N+](=O)[O-]. The Hall–Kier alpha value is -3.79. The van der Waals surface area contributed by atoms with Crippen molar-refractivity contribution < 1.29 is 9.66 Å². The number of hydrogen-bond donors (Lipinski definition) is 2. The molecule has 0 aliphatic rings. The summed E-state index contributed by atoms with van der Waals surface area (Å²) in [6.45, 7) is 3.92. The first-order valence-electron chi connectivity index (χ1n) is 9.00. The second-order valence-corrected chi connectivity index (χ2v) is 7.65. The highest BCUT2D eigenvalue weighted by atomic mass is 32.1. The van der Waals surface area contributed by atoms with Crippen LogP contribution in [0.15, 0.2) is 42.7 Å². The van der Waals surface area contributed by atoms with Crippen molar-refractivity contribution in [1.29, 1.82) is 0 Å². The summed E-state index contributed by atoms with van der Waals surface area (Å²) in [4.78, 5) is 24.0. The number of aromatic nitrogens is 3. The summed E-state index contributed by atoms with van der Waals surface area (Å²) in [7, 11) is 1.53. The maximum absolute atomic E-state index is 11.9. The Bertz CT molecular complexity index is 1260. The molecule has 9 nitrogen and oxygen atoms in total. The van der Waals surface area contributed by atoms with Crippen LogP contribution in [0.5, 0.6) is 5.75 Å². The summed E-state index contributed by atoms with van der Waals surface area (Å²) in [6, 6.07) is 11.4. The first kappa shape index (κ1) is 19.5. The molecule has 0 aliphatic heterocycles. The van der Waals surface area contributed by atoms with Crippen LogP contribution in [-0.2, 0) is 0 Å². The highest BCUT2D eigenvalue weighted by Gasteiger charge is 2.25. The van der Waals surface area contributed by atoms with Gasteiger partial charge in [-0.1, -0.05) is 23.5 Å². The lowest BCUT2D eigenvalue weighted by atomic mass is 10.2. The molecule has 2 aromatic carbocycles. The number of anilines is 4. The van der Waals surface area contributed by atoms with Crippen molar-refractivity contribution in [2.24, 2.45) is 0 Å². The van der Waals surface area contributed by atoms with Crippen LogP contribution in [0.3, 0.4) is 0 Å². The molecule has 4 aromatic rings. The fraction of sp³-hybridized carbons (Fsp3) is 0.150. The Morgan fingerprint density at radius 1 is 1.03 bits per heavy atom. The molecule has 152 valence electrons. The number of nitrogens with one attached hydrogen (secondary N) is 2. The van der Waals surface area contributed by atoms with Crippen LogP contribution in [0.1, 0.15) is 11.1 Å². The average Bonchev–Trinajstić information content (AvgIpc) is 3.09. The molecule has 0 bridgehead atoms. The molecule has 0 fully saturated rings. The van der Waals surface area contributed by atoms with Gasteiger partial charge in [0.05, 0.1) is 27.9 Å². The molecule has 10 heteroatoms. The van der Waals surface area contributed by atoms with Gasteiger partial charge in [-0.15, -0.1) is 0 Å². The number of nitrogens with zero attached hydrogens (tertiary/aromatic N) is 4. The number of fused-ring (bicyclic) bond motifs is 1. The Morgan fingerprint density at radius 2 is 1.73 bits per heavy atom. The topological polar surface area (TPSA) is 115 Å². The van der Waals surface area contributed by atoms with E-state index in [2.05, 4.69) is 25.6 Å². The van der Waals surface area contributed by atoms with Crippen LogP contribution in [0.2, 0.25) is 0 Å². The fourth-order valence-electron chi connectivity index (χ4n) is 2.97. The van der Waals surface area contributed by atoms with E-state index in [0.717, 1.165) is 21.3 Å². The van der Waals surface area contributed by atoms with Gasteiger partial charge in [0, 0.05) is 0 Å². The van der Waals surface area contributed by atoms with Crippen molar-refractivity contribution >= 4 is 49.7 Å². The van der Waals surface area contributed by atoms with Gasteiger partial charge in [0.15, 0.2) is 5.13 Å². The second kappa shape index (κ2) is 7.91. The van der Waals surface area contributed by atoms with Crippen molar-refractivity contribution in [2.45, 2.75) is 13.8 Å². The van der Waals surface area contributed by atoms with Crippen molar-refractivity contribution in [3.8, 4) is 5.75 Å². The second-order valence-electron chi connectivity index (χ2n) is 6.62. The monoisotopic (exact) mass is 422 g/mol. The summed E-state index contributed by atoms with van der Waals surface area (Å²) in [5.41, 5.74) is 3.19. The van der Waals surface area contributed by atoms with E-state index in [9.17, 15) is 10.1 Å². The minimum atomic E-state index is -0.523. The van der Waals surface area contributed by atoms with Crippen LogP contribution in [0.4, 0.5) is 28.1 Å². The van der Waals surface area contributed by atoms with Crippen molar-refractivity contribution in [2.75, 3.05) is 17.7 Å². The summed E-state index contributed by atoms with van der Waals surface area (Å²) in [5.74, 6) is 0.655. The van der Waals surface area contributed by atoms with E-state index in [1.54, 1.807) is 6.07 Å². The first-order chi connectivity index (χ1) is 14.4. The van der Waals surface area contributed by atoms with Gasteiger partial charge in [-0.2, -0.15) is 0 Å². The molecule has 0 amide bonds. The summed E-state index contributed by atoms with van der Waals surface area (Å²) in [6.07, 6.45) is 1.26. The zero-order valence-corrected chi connectivity index (χ0v) is 17.3. The fourth-order valence-corrected chi connectivity index (χ4v) is 3.93. The third-order valence-corrected chi connectivity index (χ3v) is 5.32. The first-order valence-corrected chi connectivity index (χ1v) is 9.81. The van der Waals surface area contributed by atoms with Gasteiger partial charge in [0.25, 0.3) is 0 Å². The van der Waals surface area contributed by atoms with Gasteiger partial charge in [0.2, 0.25) is 11.6 Å². The minimum Gasteiger partial charge on any atom is -0.495 e. The molecule has 0 spiro atoms. The Morgan fingerprint density at radius 3 is 2.47 bits per heavy atom. The van der Waals surface area contributed by atoms with E-state index in [4.69, 9.17) is 4.74 Å². The van der Waals surface area contributed by atoms with Crippen LogP contribution in [0, 0.1) is 24.0 Å². The number of nitro groups is 1. The van der Waals surface area contributed by atoms with Gasteiger partial charge < -0.3 is 15.4 Å². The van der Waals surface area contributed by atoms with E-state index in [1.165, 1.54) is 24.8 Å². The smallest absolute Gasteiger partial charge is 0.353 e. The number of thiazole rings is 1. The van der Waals surface area contributed by atoms with Gasteiger partial charge in [-0.3, -0.25) is 10.1 Å². The lowest BCUT2D eigenvalue weighted by Gasteiger charge is -2.12. The molecule has 30 heavy (non-hydrogen) atoms. The lowest BCUT2D eigenvalue weighted by Crippen LogP contribution is -2.06. The van der Waals surface area contributed by atoms with E-state index in [-0.39, 0.29) is 17.3 Å². The molecule has 0 aliphatic carbocycles. The maximum Gasteiger partial charge on any atom is 0.353 e. The average molecular weight is 422 g/mol. The predicted molar refractivity (Wildman–Crippen MR) is 117 cm³/mol. The molecule has 2 aromatic heterocycles. The summed E-state index contributed by atoms with van der Waals surface area (Å²) < 4.78 is 6.33. The third kappa shape index (κ3) is 3.85. The molecule has 0 unspecified atom stereocenters. The highest BCUT2D eigenvalue weighted by molar-refractivity contribution is 7.22. The Labute approximate surface area is 175 Å². The van der Waals surface area contributed by atoms with E-state index in [1.807, 2.05) is 44.2 Å². The standard InChI is InChI=1S/C20H18N6O3S/c1-11-5-7-15(29-3)14(8-11)23-18-17(26(27)28)19(22-10-21-18)25-20-24-13-6-4-12(2)9-16(13)30-20/h4-10H,1-3H3,(H2,21,22,23,24,25). The Balaban J connectivity index is 1.72. The van der Waals surface area contributed by atoms with Gasteiger partial charge >= 0.3 is 5.69 Å². The predicted octanol–water partition coefficient (Wildman–Crippen LogP) is 5.11. The summed E-state index contributed by atoms with van der Waals surface area (Å²) in [5, 5.41) is 18.3. The minimum absolute atomic E-state index is 0.0540. The Kier molecular flexibility index (Phi) is 5.15. The molecule has 4 rings (SSSR count). The molecule has 2 N–H and O–H groups in total. The number of hydrogen-bond acceptors (Lipinski definition) is 9. The van der Waals surface area contributed by atoms with Crippen LogP contribution < -0.4 is 15.4 Å². The molecule has 0 atom stereocenters. The number of benzene rings is 2. The van der Waals surface area contributed by atoms with Crippen molar-refractivity contribution in [3.05, 3.63) is 64.0 Å². The molecule has 0 saturated heterocycles. The van der Waals surface area contributed by atoms with Gasteiger partial charge in [-0.25, -0.2) is 15.0 Å². The van der Waals surface area contributed by atoms with E-state index < -0.39 is 4.92 Å². The van der Waals surface area contributed by atoms with Crippen LogP contribution in [-0.4, -0.2) is 27.0 Å². The molecule has 2 heterocycles. The number of rotatable bonds is 6. The lowest BCUT2D eigenvalue weighted by molar-refractivity contribution is -0.383. The summed E-state index contributed by atoms with van der Waals surface area (Å²) >= 11 is 1.40. The molecular weight excluding hydrogens is 404 g/mol. The largest absolute Gasteiger partial charge is 0.495 e. The van der Waals surface area contributed by atoms with Gasteiger partial charge in [-0.05, 0) is 49.2 Å². The highest BCUT2D eigenvalue weighted by Crippen LogP contribution is 2.37. The third-order valence-electron chi connectivity index (χ3n) is 4.38. The zero-order valence-electron chi connectivity index (χ0n) is 16.5. The van der Waals surface area contributed by atoms with E-state index >= 15 is 0 Å². The van der Waals surface area contributed by atoms with Crippen molar-refractivity contribution in [1.82, 2.24) is 15.0 Å². The van der Waals surface area contributed by atoms with Gasteiger partial charge in [0.1, 0.15) is 12.1 Å². The van der Waals surface area contributed by atoms with Crippen LogP contribution in [0.25, 0.3) is 10.2 Å². The number of ether oxygens (including phenoxy) is 1.